The minimum atomic E-state index is -0.600. The summed E-state index contributed by atoms with van der Waals surface area (Å²) >= 11 is 0. The van der Waals surface area contributed by atoms with E-state index in [0.717, 1.165) is 17.0 Å². The van der Waals surface area contributed by atoms with Crippen LogP contribution in [0.1, 0.15) is 24.4 Å². The summed E-state index contributed by atoms with van der Waals surface area (Å²) in [5.74, 6) is 0.0100. The van der Waals surface area contributed by atoms with E-state index in [9.17, 15) is 8.78 Å². The van der Waals surface area contributed by atoms with Gasteiger partial charge in [0.2, 0.25) is 0 Å². The Morgan fingerprint density at radius 2 is 1.82 bits per heavy atom. The van der Waals surface area contributed by atoms with Crippen LogP contribution in [0.2, 0.25) is 0 Å². The first-order valence-corrected chi connectivity index (χ1v) is 6.84. The third kappa shape index (κ3) is 2.86. The largest absolute Gasteiger partial charge is 0.363 e. The Kier molecular flexibility index (Phi) is 3.66. The van der Waals surface area contributed by atoms with Gasteiger partial charge in [-0.1, -0.05) is 0 Å². The summed E-state index contributed by atoms with van der Waals surface area (Å²) in [6.45, 7) is 3.60. The zero-order chi connectivity index (χ0) is 15.7. The Balaban J connectivity index is 1.98. The number of anilines is 1. The molecule has 0 amide bonds. The highest BCUT2D eigenvalue weighted by molar-refractivity contribution is 5.88. The molecule has 2 aromatic heterocycles. The van der Waals surface area contributed by atoms with Crippen LogP contribution in [0.4, 0.5) is 14.6 Å². The maximum absolute atomic E-state index is 13.3. The van der Waals surface area contributed by atoms with Crippen LogP contribution in [0.3, 0.4) is 0 Å². The number of nitrogens with one attached hydrogen (secondary N) is 1. The SMILES string of the molecule is Cc1nc(N[C@H](C)c2cc(F)cc(F)c2)c2ccncc2n1. The van der Waals surface area contributed by atoms with Crippen molar-refractivity contribution in [1.29, 1.82) is 0 Å². The first-order chi connectivity index (χ1) is 10.5. The zero-order valence-electron chi connectivity index (χ0n) is 12.1. The van der Waals surface area contributed by atoms with Crippen LogP contribution in [0.15, 0.2) is 36.7 Å². The maximum atomic E-state index is 13.3. The standard InChI is InChI=1S/C16H14F2N4/c1-9(11-5-12(17)7-13(18)6-11)20-16-14-3-4-19-8-15(14)21-10(2)22-16/h3-9H,1-2H3,(H,20,21,22)/t9-/m1/s1. The van der Waals surface area contributed by atoms with Gasteiger partial charge in [-0.3, -0.25) is 4.98 Å². The molecule has 0 saturated carbocycles. The van der Waals surface area contributed by atoms with Gasteiger partial charge in [0.05, 0.1) is 17.8 Å². The minimum Gasteiger partial charge on any atom is -0.363 e. The molecule has 0 fully saturated rings. The lowest BCUT2D eigenvalue weighted by molar-refractivity contribution is 0.577. The molecule has 0 aliphatic rings. The molecule has 22 heavy (non-hydrogen) atoms. The van der Waals surface area contributed by atoms with Crippen LogP contribution in [0, 0.1) is 18.6 Å². The van der Waals surface area contributed by atoms with Gasteiger partial charge in [-0.2, -0.15) is 0 Å². The molecular weight excluding hydrogens is 286 g/mol. The van der Waals surface area contributed by atoms with Crippen molar-refractivity contribution >= 4 is 16.7 Å². The van der Waals surface area contributed by atoms with E-state index < -0.39 is 11.6 Å². The molecule has 0 radical (unpaired) electrons. The number of pyridine rings is 1. The predicted molar refractivity (Wildman–Crippen MR) is 80.5 cm³/mol. The predicted octanol–water partition coefficient (Wildman–Crippen LogP) is 3.78. The van der Waals surface area contributed by atoms with Crippen molar-refractivity contribution in [3.8, 4) is 0 Å². The first kappa shape index (κ1) is 14.3. The molecule has 6 heteroatoms. The molecule has 0 aliphatic carbocycles. The Bertz CT molecular complexity index is 815. The molecule has 3 rings (SSSR count). The van der Waals surface area contributed by atoms with Gasteiger partial charge < -0.3 is 5.32 Å². The maximum Gasteiger partial charge on any atom is 0.138 e. The van der Waals surface area contributed by atoms with Gasteiger partial charge in [-0.05, 0) is 37.6 Å². The first-order valence-electron chi connectivity index (χ1n) is 6.84. The second kappa shape index (κ2) is 5.63. The highest BCUT2D eigenvalue weighted by Gasteiger charge is 2.12. The van der Waals surface area contributed by atoms with E-state index in [4.69, 9.17) is 0 Å². The number of fused-ring (bicyclic) bond motifs is 1. The summed E-state index contributed by atoms with van der Waals surface area (Å²) in [5, 5.41) is 3.99. The number of hydrogen-bond acceptors (Lipinski definition) is 4. The van der Waals surface area contributed by atoms with Gasteiger partial charge in [-0.25, -0.2) is 18.7 Å². The van der Waals surface area contributed by atoms with Crippen molar-refractivity contribution in [1.82, 2.24) is 15.0 Å². The van der Waals surface area contributed by atoms with E-state index in [0.29, 0.717) is 17.2 Å². The Hall–Kier alpha value is -2.63. The summed E-state index contributed by atoms with van der Waals surface area (Å²) in [6.07, 6.45) is 3.31. The number of rotatable bonds is 3. The van der Waals surface area contributed by atoms with Gasteiger partial charge in [0, 0.05) is 17.6 Å². The Morgan fingerprint density at radius 3 is 2.55 bits per heavy atom. The lowest BCUT2D eigenvalue weighted by Crippen LogP contribution is -2.10. The zero-order valence-corrected chi connectivity index (χ0v) is 12.1. The molecule has 0 saturated heterocycles. The Morgan fingerprint density at radius 1 is 1.09 bits per heavy atom. The number of hydrogen-bond donors (Lipinski definition) is 1. The van der Waals surface area contributed by atoms with Gasteiger partial charge in [0.1, 0.15) is 23.3 Å². The van der Waals surface area contributed by atoms with E-state index in [1.807, 2.05) is 6.92 Å². The quantitative estimate of drug-likeness (QED) is 0.799. The normalized spacial score (nSPS) is 12.4. The van der Waals surface area contributed by atoms with Gasteiger partial charge in [0.25, 0.3) is 0 Å². The molecular formula is C16H14F2N4. The smallest absolute Gasteiger partial charge is 0.138 e. The topological polar surface area (TPSA) is 50.7 Å². The van der Waals surface area contributed by atoms with Crippen LogP contribution >= 0.6 is 0 Å². The number of benzene rings is 1. The molecule has 0 bridgehead atoms. The van der Waals surface area contributed by atoms with Crippen LogP contribution in [-0.4, -0.2) is 15.0 Å². The minimum absolute atomic E-state index is 0.309. The van der Waals surface area contributed by atoms with Gasteiger partial charge in [-0.15, -0.1) is 0 Å². The number of aromatic nitrogens is 3. The highest BCUT2D eigenvalue weighted by atomic mass is 19.1. The van der Waals surface area contributed by atoms with Crippen LogP contribution in [0.5, 0.6) is 0 Å². The fraction of sp³-hybridized carbons (Fsp3) is 0.188. The molecule has 4 nitrogen and oxygen atoms in total. The highest BCUT2D eigenvalue weighted by Crippen LogP contribution is 2.25. The summed E-state index contributed by atoms with van der Waals surface area (Å²) in [7, 11) is 0. The lowest BCUT2D eigenvalue weighted by Gasteiger charge is -2.17. The summed E-state index contributed by atoms with van der Waals surface area (Å²) in [4.78, 5) is 12.7. The van der Waals surface area contributed by atoms with Crippen molar-refractivity contribution in [2.75, 3.05) is 5.32 Å². The van der Waals surface area contributed by atoms with E-state index in [1.54, 1.807) is 25.4 Å². The number of aryl methyl sites for hydroxylation is 1. The van der Waals surface area contributed by atoms with Crippen molar-refractivity contribution in [2.24, 2.45) is 0 Å². The number of nitrogens with zero attached hydrogens (tertiary/aromatic N) is 3. The monoisotopic (exact) mass is 300 g/mol. The molecule has 0 spiro atoms. The van der Waals surface area contributed by atoms with E-state index in [2.05, 4.69) is 20.3 Å². The summed E-state index contributed by atoms with van der Waals surface area (Å²) in [5.41, 5.74) is 1.23. The summed E-state index contributed by atoms with van der Waals surface area (Å²) in [6, 6.07) is 4.95. The molecule has 1 atom stereocenters. The van der Waals surface area contributed by atoms with Crippen LogP contribution in [-0.2, 0) is 0 Å². The third-order valence-electron chi connectivity index (χ3n) is 3.35. The van der Waals surface area contributed by atoms with Crippen molar-refractivity contribution < 1.29 is 8.78 Å². The van der Waals surface area contributed by atoms with Crippen molar-refractivity contribution in [2.45, 2.75) is 19.9 Å². The molecule has 3 aromatic rings. The molecule has 0 aliphatic heterocycles. The molecule has 1 N–H and O–H groups in total. The van der Waals surface area contributed by atoms with E-state index >= 15 is 0 Å². The Labute approximate surface area is 126 Å². The van der Waals surface area contributed by atoms with E-state index in [-0.39, 0.29) is 6.04 Å². The fourth-order valence-electron chi connectivity index (χ4n) is 2.32. The van der Waals surface area contributed by atoms with Crippen molar-refractivity contribution in [3.63, 3.8) is 0 Å². The number of halogens is 2. The third-order valence-corrected chi connectivity index (χ3v) is 3.35. The molecule has 112 valence electrons. The van der Waals surface area contributed by atoms with Crippen LogP contribution < -0.4 is 5.32 Å². The van der Waals surface area contributed by atoms with Crippen LogP contribution in [0.25, 0.3) is 10.9 Å². The van der Waals surface area contributed by atoms with Crippen molar-refractivity contribution in [3.05, 3.63) is 59.7 Å². The van der Waals surface area contributed by atoms with E-state index in [1.165, 1.54) is 12.1 Å². The lowest BCUT2D eigenvalue weighted by atomic mass is 10.1. The average molecular weight is 300 g/mol. The second-order valence-electron chi connectivity index (χ2n) is 5.08. The second-order valence-corrected chi connectivity index (χ2v) is 5.08. The fourth-order valence-corrected chi connectivity index (χ4v) is 2.32. The molecule has 2 heterocycles. The molecule has 1 aromatic carbocycles. The van der Waals surface area contributed by atoms with Gasteiger partial charge >= 0.3 is 0 Å². The molecule has 0 unspecified atom stereocenters. The average Bonchev–Trinajstić information content (AvgIpc) is 2.46. The van der Waals surface area contributed by atoms with Gasteiger partial charge in [0.15, 0.2) is 0 Å². The summed E-state index contributed by atoms with van der Waals surface area (Å²) < 4.78 is 26.7.